The maximum atomic E-state index is 13.5. The quantitative estimate of drug-likeness (QED) is 0.339. The molecule has 0 atom stereocenters. The lowest BCUT2D eigenvalue weighted by Crippen LogP contribution is -2.15. The highest BCUT2D eigenvalue weighted by Crippen LogP contribution is 2.37. The Morgan fingerprint density at radius 1 is 1.00 bits per heavy atom. The average molecular weight is 505 g/mol. The van der Waals surface area contributed by atoms with E-state index in [2.05, 4.69) is 20.4 Å². The van der Waals surface area contributed by atoms with Crippen LogP contribution in [0.1, 0.15) is 32.7 Å². The van der Waals surface area contributed by atoms with Crippen LogP contribution in [-0.2, 0) is 18.9 Å². The monoisotopic (exact) mass is 505 g/mol. The highest BCUT2D eigenvalue weighted by molar-refractivity contribution is 6.04. The maximum Gasteiger partial charge on any atom is 0.416 e. The van der Waals surface area contributed by atoms with Crippen LogP contribution in [0.25, 0.3) is 11.3 Å². The standard InChI is InChI=1S/C24H17F6N5O/c1-14-21(33-22(36)17-8-16(10-31-11-17)20-4-2-3-7-32-20)13-35(34-14)12-15-5-6-18(23(25,26)27)9-19(15)24(28,29)30/h2-11,13H,12H2,1H3,(H,33,36). The second-order valence-corrected chi connectivity index (χ2v) is 7.82. The maximum absolute atomic E-state index is 13.5. The molecule has 0 aliphatic carbocycles. The third-order valence-electron chi connectivity index (χ3n) is 5.23. The van der Waals surface area contributed by atoms with Crippen LogP contribution >= 0.6 is 0 Å². The van der Waals surface area contributed by atoms with E-state index in [9.17, 15) is 31.1 Å². The van der Waals surface area contributed by atoms with Gasteiger partial charge in [0.2, 0.25) is 0 Å². The summed E-state index contributed by atoms with van der Waals surface area (Å²) in [5, 5.41) is 6.73. The number of anilines is 1. The van der Waals surface area contributed by atoms with Crippen molar-refractivity contribution in [1.82, 2.24) is 19.7 Å². The molecule has 4 rings (SSSR count). The number of alkyl halides is 6. The van der Waals surface area contributed by atoms with Crippen LogP contribution in [0, 0.1) is 6.92 Å². The minimum atomic E-state index is -5.00. The van der Waals surface area contributed by atoms with Crippen LogP contribution in [0.5, 0.6) is 0 Å². The van der Waals surface area contributed by atoms with Crippen LogP contribution in [0.15, 0.2) is 67.3 Å². The van der Waals surface area contributed by atoms with E-state index in [1.807, 2.05) is 0 Å². The second-order valence-electron chi connectivity index (χ2n) is 7.82. The molecule has 186 valence electrons. The zero-order valence-corrected chi connectivity index (χ0v) is 18.5. The summed E-state index contributed by atoms with van der Waals surface area (Å²) in [6.07, 6.45) is -4.12. The van der Waals surface area contributed by atoms with Gasteiger partial charge in [0, 0.05) is 30.4 Å². The smallest absolute Gasteiger partial charge is 0.319 e. The fraction of sp³-hybridized carbons (Fsp3) is 0.167. The molecule has 0 aliphatic rings. The molecule has 0 bridgehead atoms. The Morgan fingerprint density at radius 2 is 1.78 bits per heavy atom. The fourth-order valence-electron chi connectivity index (χ4n) is 3.48. The van der Waals surface area contributed by atoms with Gasteiger partial charge in [0.1, 0.15) is 0 Å². The molecule has 1 aromatic carbocycles. The first-order chi connectivity index (χ1) is 16.9. The number of amides is 1. The van der Waals surface area contributed by atoms with Gasteiger partial charge in [-0.1, -0.05) is 12.1 Å². The molecule has 0 aliphatic heterocycles. The number of pyridine rings is 2. The summed E-state index contributed by atoms with van der Waals surface area (Å²) in [6, 6.07) is 8.31. The van der Waals surface area contributed by atoms with E-state index in [4.69, 9.17) is 0 Å². The molecule has 0 radical (unpaired) electrons. The number of aryl methyl sites for hydroxylation is 1. The Morgan fingerprint density at radius 3 is 2.44 bits per heavy atom. The molecule has 0 spiro atoms. The van der Waals surface area contributed by atoms with Crippen molar-refractivity contribution in [2.45, 2.75) is 25.8 Å². The number of nitrogens with one attached hydrogen (secondary N) is 1. The van der Waals surface area contributed by atoms with Gasteiger partial charge < -0.3 is 5.32 Å². The van der Waals surface area contributed by atoms with Crippen molar-refractivity contribution < 1.29 is 31.1 Å². The summed E-state index contributed by atoms with van der Waals surface area (Å²) < 4.78 is 80.2. The van der Waals surface area contributed by atoms with Gasteiger partial charge in [-0.05, 0) is 42.8 Å². The number of hydrogen-bond donors (Lipinski definition) is 1. The number of carbonyl (C=O) groups is 1. The first-order valence-electron chi connectivity index (χ1n) is 10.4. The van der Waals surface area contributed by atoms with Gasteiger partial charge in [0.15, 0.2) is 0 Å². The summed E-state index contributed by atoms with van der Waals surface area (Å²) in [6.45, 7) is 1.08. The Bertz CT molecular complexity index is 1400. The summed E-state index contributed by atoms with van der Waals surface area (Å²) in [7, 11) is 0. The molecule has 36 heavy (non-hydrogen) atoms. The van der Waals surface area contributed by atoms with Crippen LogP contribution < -0.4 is 5.32 Å². The summed E-state index contributed by atoms with van der Waals surface area (Å²) >= 11 is 0. The molecule has 0 unspecified atom stereocenters. The zero-order valence-electron chi connectivity index (χ0n) is 18.5. The first kappa shape index (κ1) is 24.9. The SMILES string of the molecule is Cc1nn(Cc2ccc(C(F)(F)F)cc2C(F)(F)F)cc1NC(=O)c1cncc(-c2ccccn2)c1. The largest absolute Gasteiger partial charge is 0.416 e. The van der Waals surface area contributed by atoms with Gasteiger partial charge in [-0.25, -0.2) is 0 Å². The van der Waals surface area contributed by atoms with E-state index < -0.39 is 41.5 Å². The number of aromatic nitrogens is 4. The predicted octanol–water partition coefficient (Wildman–Crippen LogP) is 5.99. The van der Waals surface area contributed by atoms with Crippen molar-refractivity contribution in [3.63, 3.8) is 0 Å². The zero-order chi connectivity index (χ0) is 26.1. The number of nitrogens with zero attached hydrogens (tertiary/aromatic N) is 4. The minimum Gasteiger partial charge on any atom is -0.319 e. The summed E-state index contributed by atoms with van der Waals surface area (Å²) in [4.78, 5) is 21.0. The van der Waals surface area contributed by atoms with E-state index in [0.717, 1.165) is 10.7 Å². The van der Waals surface area contributed by atoms with Crippen molar-refractivity contribution >= 4 is 11.6 Å². The molecule has 0 fully saturated rings. The molecular weight excluding hydrogens is 488 g/mol. The first-order valence-corrected chi connectivity index (χ1v) is 10.4. The number of benzene rings is 1. The van der Waals surface area contributed by atoms with E-state index in [1.54, 1.807) is 36.7 Å². The molecule has 0 saturated heterocycles. The van der Waals surface area contributed by atoms with Crippen molar-refractivity contribution in [2.75, 3.05) is 5.32 Å². The Balaban J connectivity index is 1.56. The van der Waals surface area contributed by atoms with Crippen LogP contribution in [0.2, 0.25) is 0 Å². The minimum absolute atomic E-state index is 0.0793. The van der Waals surface area contributed by atoms with Gasteiger partial charge in [-0.2, -0.15) is 31.4 Å². The predicted molar refractivity (Wildman–Crippen MR) is 118 cm³/mol. The molecule has 6 nitrogen and oxygen atoms in total. The van der Waals surface area contributed by atoms with E-state index in [1.165, 1.54) is 19.3 Å². The molecule has 3 aromatic heterocycles. The fourth-order valence-corrected chi connectivity index (χ4v) is 3.48. The Labute approximate surface area is 200 Å². The number of hydrogen-bond acceptors (Lipinski definition) is 4. The van der Waals surface area contributed by atoms with Crippen LogP contribution in [0.3, 0.4) is 0 Å². The number of halogens is 6. The second kappa shape index (κ2) is 9.44. The summed E-state index contributed by atoms with van der Waals surface area (Å²) in [5.74, 6) is -0.534. The van der Waals surface area contributed by atoms with E-state index in [0.29, 0.717) is 23.0 Å². The lowest BCUT2D eigenvalue weighted by Gasteiger charge is -2.16. The lowest BCUT2D eigenvalue weighted by molar-refractivity contribution is -0.143. The molecule has 4 aromatic rings. The Kier molecular flexibility index (Phi) is 6.53. The third-order valence-corrected chi connectivity index (χ3v) is 5.23. The van der Waals surface area contributed by atoms with Crippen molar-refractivity contribution in [3.05, 3.63) is 95.2 Å². The van der Waals surface area contributed by atoms with Crippen LogP contribution in [-0.4, -0.2) is 25.7 Å². The molecular formula is C24H17F6N5O. The summed E-state index contributed by atoms with van der Waals surface area (Å²) in [5.41, 5.74) is -1.24. The van der Waals surface area contributed by atoms with E-state index >= 15 is 0 Å². The van der Waals surface area contributed by atoms with Gasteiger partial charge in [-0.3, -0.25) is 19.4 Å². The van der Waals surface area contributed by atoms with E-state index in [-0.39, 0.29) is 17.3 Å². The van der Waals surface area contributed by atoms with Crippen molar-refractivity contribution in [2.24, 2.45) is 0 Å². The highest BCUT2D eigenvalue weighted by atomic mass is 19.4. The van der Waals surface area contributed by atoms with Gasteiger partial charge in [0.05, 0.1) is 40.3 Å². The molecule has 1 amide bonds. The van der Waals surface area contributed by atoms with Gasteiger partial charge in [0.25, 0.3) is 5.91 Å². The highest BCUT2D eigenvalue weighted by Gasteiger charge is 2.38. The lowest BCUT2D eigenvalue weighted by atomic mass is 10.0. The number of carbonyl (C=O) groups excluding carboxylic acids is 1. The molecule has 3 heterocycles. The topological polar surface area (TPSA) is 72.7 Å². The molecule has 0 saturated carbocycles. The van der Waals surface area contributed by atoms with Crippen molar-refractivity contribution in [3.8, 4) is 11.3 Å². The third kappa shape index (κ3) is 5.53. The average Bonchev–Trinajstić information content (AvgIpc) is 3.16. The van der Waals surface area contributed by atoms with Gasteiger partial charge >= 0.3 is 12.4 Å². The molecule has 12 heteroatoms. The van der Waals surface area contributed by atoms with Crippen LogP contribution in [0.4, 0.5) is 32.0 Å². The Hall–Kier alpha value is -4.22. The molecule has 1 N–H and O–H groups in total. The van der Waals surface area contributed by atoms with Gasteiger partial charge in [-0.15, -0.1) is 0 Å². The van der Waals surface area contributed by atoms with Crippen molar-refractivity contribution in [1.29, 1.82) is 0 Å². The number of rotatable bonds is 5. The normalized spacial score (nSPS) is 12.0.